The maximum Gasteiger partial charge on any atom is 0.253 e. The lowest BCUT2D eigenvalue weighted by atomic mass is 10.0. The smallest absolute Gasteiger partial charge is 0.253 e. The summed E-state index contributed by atoms with van der Waals surface area (Å²) in [6, 6.07) is 24.7. The predicted octanol–water partition coefficient (Wildman–Crippen LogP) is 5.50. The Hall–Kier alpha value is -2.76. The van der Waals surface area contributed by atoms with Crippen LogP contribution in [-0.2, 0) is 4.79 Å². The predicted molar refractivity (Wildman–Crippen MR) is 125 cm³/mol. The highest BCUT2D eigenvalue weighted by molar-refractivity contribution is 8.00. The van der Waals surface area contributed by atoms with Gasteiger partial charge in [0, 0.05) is 30.4 Å². The number of carbonyl (C=O) groups excluding carboxylic acids is 2. The molecule has 154 valence electrons. The Morgan fingerprint density at radius 1 is 0.900 bits per heavy atom. The third-order valence-electron chi connectivity index (χ3n) is 4.48. The number of nitrogens with zero attached hydrogens (tertiary/aromatic N) is 1. The lowest BCUT2D eigenvalue weighted by molar-refractivity contribution is -0.113. The van der Waals surface area contributed by atoms with Gasteiger partial charge in [-0.1, -0.05) is 54.1 Å². The zero-order valence-corrected chi connectivity index (χ0v) is 18.4. The third-order valence-corrected chi connectivity index (χ3v) is 6.04. The summed E-state index contributed by atoms with van der Waals surface area (Å²) in [4.78, 5) is 26.0. The van der Waals surface area contributed by atoms with E-state index < -0.39 is 0 Å². The topological polar surface area (TPSA) is 49.4 Å². The Morgan fingerprint density at radius 3 is 2.10 bits per heavy atom. The Kier molecular flexibility index (Phi) is 7.55. The molecule has 4 nitrogen and oxygen atoms in total. The van der Waals surface area contributed by atoms with Gasteiger partial charge in [0.1, 0.15) is 0 Å². The van der Waals surface area contributed by atoms with Gasteiger partial charge in [-0.3, -0.25) is 9.59 Å². The summed E-state index contributed by atoms with van der Waals surface area (Å²) in [5.74, 6) is 0.124. The summed E-state index contributed by atoms with van der Waals surface area (Å²) < 4.78 is 0. The summed E-state index contributed by atoms with van der Waals surface area (Å²) >= 11 is 7.59. The van der Waals surface area contributed by atoms with Crippen LogP contribution in [0.2, 0.25) is 5.02 Å². The molecule has 0 saturated carbocycles. The molecule has 0 aliphatic carbocycles. The molecular weight excluding hydrogens is 416 g/mol. The van der Waals surface area contributed by atoms with Gasteiger partial charge in [0.15, 0.2) is 0 Å². The molecule has 3 aromatic rings. The number of benzene rings is 3. The van der Waals surface area contributed by atoms with Gasteiger partial charge in [-0.05, 0) is 47.5 Å². The molecule has 0 fully saturated rings. The number of thioether (sulfide) groups is 1. The first-order valence-corrected chi connectivity index (χ1v) is 10.9. The van der Waals surface area contributed by atoms with Crippen LogP contribution in [0.3, 0.4) is 0 Å². The largest absolute Gasteiger partial charge is 0.345 e. The van der Waals surface area contributed by atoms with E-state index in [1.807, 2.05) is 42.5 Å². The Labute approximate surface area is 186 Å². The van der Waals surface area contributed by atoms with Crippen molar-refractivity contribution >= 4 is 40.9 Å². The van der Waals surface area contributed by atoms with Crippen molar-refractivity contribution in [2.24, 2.45) is 0 Å². The fraction of sp³-hybridized carbons (Fsp3) is 0.167. The van der Waals surface area contributed by atoms with E-state index in [1.165, 1.54) is 4.90 Å². The van der Waals surface area contributed by atoms with Gasteiger partial charge >= 0.3 is 0 Å². The van der Waals surface area contributed by atoms with E-state index >= 15 is 0 Å². The van der Waals surface area contributed by atoms with Crippen LogP contribution in [0.4, 0.5) is 5.69 Å². The van der Waals surface area contributed by atoms with Gasteiger partial charge in [-0.25, -0.2) is 0 Å². The van der Waals surface area contributed by atoms with Crippen molar-refractivity contribution in [2.75, 3.05) is 25.2 Å². The average Bonchev–Trinajstić information content (AvgIpc) is 2.76. The quantitative estimate of drug-likeness (QED) is 0.529. The molecule has 3 aromatic carbocycles. The van der Waals surface area contributed by atoms with Crippen LogP contribution < -0.4 is 5.32 Å². The number of anilines is 1. The third kappa shape index (κ3) is 5.88. The number of carbonyl (C=O) groups is 2. The fourth-order valence-electron chi connectivity index (χ4n) is 2.96. The van der Waals surface area contributed by atoms with Crippen molar-refractivity contribution in [1.29, 1.82) is 0 Å². The zero-order chi connectivity index (χ0) is 21.5. The van der Waals surface area contributed by atoms with Crippen LogP contribution >= 0.6 is 23.4 Å². The standard InChI is InChI=1S/C24H23ClN2O2S/c1-27(2)24(29)19-10-14-21(15-11-19)26-22(28)16-30-23(17-6-4-3-5-7-17)18-8-12-20(25)13-9-18/h3-15,23H,16H2,1-2H3,(H,26,28). The lowest BCUT2D eigenvalue weighted by Gasteiger charge is -2.18. The molecule has 3 rings (SSSR count). The van der Waals surface area contributed by atoms with E-state index in [0.717, 1.165) is 11.1 Å². The molecule has 0 heterocycles. The molecule has 0 aromatic heterocycles. The second kappa shape index (κ2) is 10.3. The highest BCUT2D eigenvalue weighted by Gasteiger charge is 2.17. The highest BCUT2D eigenvalue weighted by Crippen LogP contribution is 2.36. The molecule has 0 bridgehead atoms. The number of hydrogen-bond donors (Lipinski definition) is 1. The average molecular weight is 439 g/mol. The molecule has 1 N–H and O–H groups in total. The minimum Gasteiger partial charge on any atom is -0.345 e. The van der Waals surface area contributed by atoms with Gasteiger partial charge in [0.05, 0.1) is 11.0 Å². The molecule has 0 saturated heterocycles. The van der Waals surface area contributed by atoms with E-state index in [9.17, 15) is 9.59 Å². The minimum atomic E-state index is -0.0958. The number of halogens is 1. The SMILES string of the molecule is CN(C)C(=O)c1ccc(NC(=O)CSC(c2ccccc2)c2ccc(Cl)cc2)cc1. The summed E-state index contributed by atoms with van der Waals surface area (Å²) in [6.07, 6.45) is 0. The van der Waals surface area contributed by atoms with Gasteiger partial charge in [-0.15, -0.1) is 11.8 Å². The molecule has 0 aliphatic heterocycles. The monoisotopic (exact) mass is 438 g/mol. The van der Waals surface area contributed by atoms with Crippen LogP contribution in [0.15, 0.2) is 78.9 Å². The van der Waals surface area contributed by atoms with Crippen LogP contribution in [0.25, 0.3) is 0 Å². The maximum absolute atomic E-state index is 12.5. The normalized spacial score (nSPS) is 11.6. The van der Waals surface area contributed by atoms with Gasteiger partial charge in [0.25, 0.3) is 5.91 Å². The molecule has 0 radical (unpaired) electrons. The Balaban J connectivity index is 1.66. The number of hydrogen-bond acceptors (Lipinski definition) is 3. The van der Waals surface area contributed by atoms with Crippen LogP contribution in [-0.4, -0.2) is 36.6 Å². The van der Waals surface area contributed by atoms with Crippen molar-refractivity contribution in [3.05, 3.63) is 101 Å². The van der Waals surface area contributed by atoms with Crippen molar-refractivity contribution in [1.82, 2.24) is 4.90 Å². The molecule has 6 heteroatoms. The summed E-state index contributed by atoms with van der Waals surface area (Å²) in [5.41, 5.74) is 3.47. The highest BCUT2D eigenvalue weighted by atomic mass is 35.5. The van der Waals surface area contributed by atoms with Gasteiger partial charge in [0.2, 0.25) is 5.91 Å². The van der Waals surface area contributed by atoms with E-state index in [2.05, 4.69) is 17.4 Å². The molecule has 1 unspecified atom stereocenters. The van der Waals surface area contributed by atoms with Gasteiger partial charge in [-0.2, -0.15) is 0 Å². The number of amides is 2. The van der Waals surface area contributed by atoms with Crippen LogP contribution in [0.5, 0.6) is 0 Å². The first-order chi connectivity index (χ1) is 14.4. The first-order valence-electron chi connectivity index (χ1n) is 9.47. The lowest BCUT2D eigenvalue weighted by Crippen LogP contribution is -2.21. The van der Waals surface area contributed by atoms with E-state index in [1.54, 1.807) is 50.1 Å². The molecule has 1 atom stereocenters. The first kappa shape index (κ1) is 21.9. The molecular formula is C24H23ClN2O2S. The van der Waals surface area contributed by atoms with Crippen molar-refractivity contribution < 1.29 is 9.59 Å². The second-order valence-corrected chi connectivity index (χ2v) is 8.51. The van der Waals surface area contributed by atoms with E-state index in [-0.39, 0.29) is 17.1 Å². The van der Waals surface area contributed by atoms with Crippen molar-refractivity contribution in [3.8, 4) is 0 Å². The Bertz CT molecular complexity index is 990. The summed E-state index contributed by atoms with van der Waals surface area (Å²) in [5, 5.41) is 3.61. The van der Waals surface area contributed by atoms with Crippen LogP contribution in [0.1, 0.15) is 26.7 Å². The van der Waals surface area contributed by atoms with E-state index in [4.69, 9.17) is 11.6 Å². The van der Waals surface area contributed by atoms with Crippen molar-refractivity contribution in [3.63, 3.8) is 0 Å². The summed E-state index contributed by atoms with van der Waals surface area (Å²) in [6.45, 7) is 0. The zero-order valence-electron chi connectivity index (χ0n) is 16.8. The molecule has 30 heavy (non-hydrogen) atoms. The summed E-state index contributed by atoms with van der Waals surface area (Å²) in [7, 11) is 3.41. The second-order valence-electron chi connectivity index (χ2n) is 6.98. The molecule has 0 spiro atoms. The van der Waals surface area contributed by atoms with Crippen molar-refractivity contribution in [2.45, 2.75) is 5.25 Å². The van der Waals surface area contributed by atoms with Crippen LogP contribution in [0, 0.1) is 0 Å². The molecule has 2 amide bonds. The van der Waals surface area contributed by atoms with E-state index in [0.29, 0.717) is 22.0 Å². The maximum atomic E-state index is 12.5. The fourth-order valence-corrected chi connectivity index (χ4v) is 4.18. The number of nitrogens with one attached hydrogen (secondary N) is 1. The van der Waals surface area contributed by atoms with Gasteiger partial charge < -0.3 is 10.2 Å². The Morgan fingerprint density at radius 2 is 1.50 bits per heavy atom. The number of rotatable bonds is 7. The minimum absolute atomic E-state index is 0.0225. The molecule has 0 aliphatic rings.